The molecule has 0 spiro atoms. The van der Waals surface area contributed by atoms with Crippen LogP contribution in [-0.4, -0.2) is 39.8 Å². The van der Waals surface area contributed by atoms with Crippen molar-refractivity contribution >= 4 is 35.2 Å². The first-order valence-corrected chi connectivity index (χ1v) is 7.83. The zero-order valence-electron chi connectivity index (χ0n) is 13.3. The van der Waals surface area contributed by atoms with Gasteiger partial charge >= 0.3 is 0 Å². The summed E-state index contributed by atoms with van der Waals surface area (Å²) >= 11 is 5.14. The highest BCUT2D eigenvalue weighted by molar-refractivity contribution is 7.80. The highest BCUT2D eigenvalue weighted by atomic mass is 32.1. The summed E-state index contributed by atoms with van der Waals surface area (Å²) < 4.78 is 27.1. The summed E-state index contributed by atoms with van der Waals surface area (Å²) in [5.74, 6) is -2.48. The molecule has 1 aliphatic heterocycles. The Bertz CT molecular complexity index is 711. The first-order chi connectivity index (χ1) is 11.4. The summed E-state index contributed by atoms with van der Waals surface area (Å²) in [6.07, 6.45) is 3.71. The molecule has 0 radical (unpaired) electrons. The molecule has 126 valence electrons. The Kier molecular flexibility index (Phi) is 5.56. The minimum absolute atomic E-state index is 0.0969. The quantitative estimate of drug-likeness (QED) is 0.476. The molecule has 7 heteroatoms. The first kappa shape index (κ1) is 17.9. The Morgan fingerprint density at radius 1 is 1.04 bits per heavy atom. The normalized spacial score (nSPS) is 15.7. The second-order valence-corrected chi connectivity index (χ2v) is 5.32. The fourth-order valence-electron chi connectivity index (χ4n) is 2.31. The van der Waals surface area contributed by atoms with E-state index in [9.17, 15) is 18.4 Å². The lowest BCUT2D eigenvalue weighted by Crippen LogP contribution is -2.55. The number of carbonyl (C=O) groups excluding carboxylic acids is 2. The lowest BCUT2D eigenvalue weighted by Gasteiger charge is -2.35. The van der Waals surface area contributed by atoms with Crippen LogP contribution in [0.4, 0.5) is 8.78 Å². The van der Waals surface area contributed by atoms with Crippen molar-refractivity contribution in [2.75, 3.05) is 13.1 Å². The zero-order chi connectivity index (χ0) is 17.9. The van der Waals surface area contributed by atoms with Gasteiger partial charge in [-0.3, -0.25) is 19.4 Å². The van der Waals surface area contributed by atoms with E-state index in [-0.39, 0.29) is 16.2 Å². The van der Waals surface area contributed by atoms with Crippen molar-refractivity contribution in [2.45, 2.75) is 13.8 Å². The smallest absolute Gasteiger partial charge is 0.265 e. The van der Waals surface area contributed by atoms with Gasteiger partial charge < -0.3 is 0 Å². The van der Waals surface area contributed by atoms with E-state index < -0.39 is 23.4 Å². The van der Waals surface area contributed by atoms with Gasteiger partial charge in [-0.1, -0.05) is 12.1 Å². The number of allylic oxidation sites excluding steroid dienone is 2. The van der Waals surface area contributed by atoms with Gasteiger partial charge in [0.2, 0.25) is 0 Å². The highest BCUT2D eigenvalue weighted by Crippen LogP contribution is 2.18. The number of halogens is 2. The van der Waals surface area contributed by atoms with Crippen LogP contribution >= 0.6 is 12.2 Å². The number of benzene rings is 1. The summed E-state index contributed by atoms with van der Waals surface area (Å²) in [5.41, 5.74) is -0.333. The van der Waals surface area contributed by atoms with E-state index in [4.69, 9.17) is 12.2 Å². The molecule has 1 aromatic carbocycles. The van der Waals surface area contributed by atoms with Crippen LogP contribution in [0.3, 0.4) is 0 Å². The van der Waals surface area contributed by atoms with Crippen LogP contribution < -0.4 is 0 Å². The molecule has 0 atom stereocenters. The van der Waals surface area contributed by atoms with Crippen LogP contribution in [-0.2, 0) is 9.59 Å². The van der Waals surface area contributed by atoms with Crippen LogP contribution in [0, 0.1) is 11.6 Å². The van der Waals surface area contributed by atoms with Crippen molar-refractivity contribution < 1.29 is 18.4 Å². The molecular weight excluding hydrogens is 334 g/mol. The number of thiocarbonyl (C=S) groups is 1. The van der Waals surface area contributed by atoms with E-state index in [0.717, 1.165) is 12.1 Å². The second kappa shape index (κ2) is 7.44. The average molecular weight is 350 g/mol. The maximum Gasteiger partial charge on any atom is 0.265 e. The molecule has 0 unspecified atom stereocenters. The van der Waals surface area contributed by atoms with Gasteiger partial charge in [-0.05, 0) is 50.4 Å². The lowest BCUT2D eigenvalue weighted by atomic mass is 10.1. The number of likely N-dealkylation sites (N-methyl/N-ethyl adjacent to an activating group) is 2. The van der Waals surface area contributed by atoms with Gasteiger partial charge in [-0.25, -0.2) is 8.78 Å². The van der Waals surface area contributed by atoms with Gasteiger partial charge in [0.05, 0.1) is 0 Å². The summed E-state index contributed by atoms with van der Waals surface area (Å²) in [4.78, 5) is 27.3. The molecule has 0 saturated carbocycles. The molecule has 1 heterocycles. The third-order valence-corrected chi connectivity index (χ3v) is 4.01. The van der Waals surface area contributed by atoms with E-state index >= 15 is 0 Å². The maximum atomic E-state index is 13.6. The lowest BCUT2D eigenvalue weighted by molar-refractivity contribution is -0.133. The van der Waals surface area contributed by atoms with Gasteiger partial charge in [0.1, 0.15) is 17.2 Å². The Labute approximate surface area is 144 Å². The van der Waals surface area contributed by atoms with Crippen molar-refractivity contribution in [1.29, 1.82) is 0 Å². The van der Waals surface area contributed by atoms with Crippen molar-refractivity contribution in [1.82, 2.24) is 9.80 Å². The van der Waals surface area contributed by atoms with E-state index in [1.165, 1.54) is 34.1 Å². The van der Waals surface area contributed by atoms with Gasteiger partial charge in [-0.15, -0.1) is 0 Å². The molecule has 1 aliphatic rings. The van der Waals surface area contributed by atoms with Crippen LogP contribution in [0.15, 0.2) is 35.9 Å². The molecular formula is C17H16F2N2O2S. The van der Waals surface area contributed by atoms with Crippen molar-refractivity contribution in [3.63, 3.8) is 0 Å². The minimum atomic E-state index is -0.725. The zero-order valence-corrected chi connectivity index (χ0v) is 14.1. The Balaban J connectivity index is 2.36. The van der Waals surface area contributed by atoms with Crippen molar-refractivity contribution in [3.8, 4) is 0 Å². The number of amides is 2. The molecule has 2 amide bonds. The van der Waals surface area contributed by atoms with E-state index in [0.29, 0.717) is 13.1 Å². The van der Waals surface area contributed by atoms with Gasteiger partial charge in [0.25, 0.3) is 11.8 Å². The number of hydrogen-bond acceptors (Lipinski definition) is 3. The number of hydrogen-bond donors (Lipinski definition) is 0. The van der Waals surface area contributed by atoms with E-state index in [1.807, 2.05) is 0 Å². The van der Waals surface area contributed by atoms with Crippen LogP contribution in [0.25, 0.3) is 6.08 Å². The SMILES string of the molecule is CCN1C(=O)C(=CC=Cc2c(F)cccc2F)C(=O)N(CC)C1=S. The fraction of sp³-hybridized carbons (Fsp3) is 0.235. The monoisotopic (exact) mass is 350 g/mol. The van der Waals surface area contributed by atoms with E-state index in [1.54, 1.807) is 13.8 Å². The van der Waals surface area contributed by atoms with Crippen LogP contribution in [0.2, 0.25) is 0 Å². The standard InChI is InChI=1S/C17H16F2N2O2S/c1-3-20-15(22)12(16(23)21(4-2)17(20)24)8-5-7-11-13(18)9-6-10-14(11)19/h5-10H,3-4H2,1-2H3. The Hall–Kier alpha value is -2.41. The first-order valence-electron chi connectivity index (χ1n) is 7.42. The predicted octanol–water partition coefficient (Wildman–Crippen LogP) is 2.90. The number of rotatable bonds is 4. The van der Waals surface area contributed by atoms with Crippen molar-refractivity contribution in [3.05, 3.63) is 53.1 Å². The molecule has 1 aromatic rings. The third kappa shape index (κ3) is 3.26. The van der Waals surface area contributed by atoms with Gasteiger partial charge in [-0.2, -0.15) is 0 Å². The summed E-state index contributed by atoms with van der Waals surface area (Å²) in [7, 11) is 0. The molecule has 24 heavy (non-hydrogen) atoms. The number of carbonyl (C=O) groups is 2. The maximum absolute atomic E-state index is 13.6. The Morgan fingerprint density at radius 2 is 1.54 bits per heavy atom. The molecule has 0 aromatic heterocycles. The molecule has 0 N–H and O–H groups in total. The predicted molar refractivity (Wildman–Crippen MR) is 90.8 cm³/mol. The molecule has 1 fully saturated rings. The average Bonchev–Trinajstić information content (AvgIpc) is 2.54. The van der Waals surface area contributed by atoms with Crippen molar-refractivity contribution in [2.24, 2.45) is 0 Å². The van der Waals surface area contributed by atoms with Gasteiger partial charge in [0, 0.05) is 18.7 Å². The fourth-order valence-corrected chi connectivity index (χ4v) is 2.74. The molecule has 0 bridgehead atoms. The summed E-state index contributed by atoms with van der Waals surface area (Å²) in [6.45, 7) is 4.14. The summed E-state index contributed by atoms with van der Waals surface area (Å²) in [6, 6.07) is 3.51. The molecule has 0 aliphatic carbocycles. The minimum Gasteiger partial charge on any atom is -0.285 e. The highest BCUT2D eigenvalue weighted by Gasteiger charge is 2.37. The summed E-state index contributed by atoms with van der Waals surface area (Å²) in [5, 5.41) is 0.163. The molecule has 2 rings (SSSR count). The van der Waals surface area contributed by atoms with Gasteiger partial charge in [0.15, 0.2) is 5.11 Å². The molecule has 4 nitrogen and oxygen atoms in total. The molecule has 1 saturated heterocycles. The van der Waals surface area contributed by atoms with E-state index in [2.05, 4.69) is 0 Å². The van der Waals surface area contributed by atoms with Crippen LogP contribution in [0.1, 0.15) is 19.4 Å². The largest absolute Gasteiger partial charge is 0.285 e. The topological polar surface area (TPSA) is 40.6 Å². The number of nitrogens with zero attached hydrogens (tertiary/aromatic N) is 2. The second-order valence-electron chi connectivity index (χ2n) is 4.96. The third-order valence-electron chi connectivity index (χ3n) is 3.57. The van der Waals surface area contributed by atoms with Crippen LogP contribution in [0.5, 0.6) is 0 Å². The Morgan fingerprint density at radius 3 is 2.00 bits per heavy atom.